The Balaban J connectivity index is 3.38. The van der Waals surface area contributed by atoms with Crippen molar-refractivity contribution in [3.8, 4) is 0 Å². The van der Waals surface area contributed by atoms with Crippen molar-refractivity contribution >= 4 is 49.6 Å². The molecule has 0 radical (unpaired) electrons. The van der Waals surface area contributed by atoms with E-state index in [0.29, 0.717) is 21.2 Å². The van der Waals surface area contributed by atoms with Crippen molar-refractivity contribution in [3.63, 3.8) is 0 Å². The molecule has 1 rings (SSSR count). The molecule has 0 fully saturated rings. The van der Waals surface area contributed by atoms with Crippen molar-refractivity contribution in [1.82, 2.24) is 0 Å². The molecular formula is C9H5BrCl2O2. The van der Waals surface area contributed by atoms with Crippen molar-refractivity contribution in [2.24, 2.45) is 0 Å². The Hall–Kier alpha value is -0.380. The summed E-state index contributed by atoms with van der Waals surface area (Å²) in [6, 6.07) is 3.01. The first-order chi connectivity index (χ1) is 6.43. The number of halogens is 3. The van der Waals surface area contributed by atoms with Gasteiger partial charge in [-0.2, -0.15) is 0 Å². The van der Waals surface area contributed by atoms with Gasteiger partial charge in [-0.3, -0.25) is 9.59 Å². The zero-order chi connectivity index (χ0) is 10.9. The van der Waals surface area contributed by atoms with E-state index in [-0.39, 0.29) is 0 Å². The number of aryl methyl sites for hydroxylation is 1. The third-order valence-electron chi connectivity index (χ3n) is 1.74. The lowest BCUT2D eigenvalue weighted by Crippen LogP contribution is -1.98. The van der Waals surface area contributed by atoms with Gasteiger partial charge < -0.3 is 0 Å². The lowest BCUT2D eigenvalue weighted by molar-refractivity contribution is 0.106. The van der Waals surface area contributed by atoms with E-state index in [1.807, 2.05) is 0 Å². The second kappa shape index (κ2) is 4.43. The molecule has 14 heavy (non-hydrogen) atoms. The zero-order valence-electron chi connectivity index (χ0n) is 7.11. The summed E-state index contributed by atoms with van der Waals surface area (Å²) in [5.74, 6) is 0. The van der Waals surface area contributed by atoms with E-state index < -0.39 is 10.5 Å². The van der Waals surface area contributed by atoms with Gasteiger partial charge in [-0.05, 0) is 63.8 Å². The summed E-state index contributed by atoms with van der Waals surface area (Å²) in [4.78, 5) is 21.8. The van der Waals surface area contributed by atoms with Gasteiger partial charge in [0.25, 0.3) is 10.5 Å². The van der Waals surface area contributed by atoms with Crippen molar-refractivity contribution in [3.05, 3.63) is 33.3 Å². The van der Waals surface area contributed by atoms with Gasteiger partial charge in [0.2, 0.25) is 0 Å². The third kappa shape index (κ3) is 2.35. The molecular weight excluding hydrogens is 291 g/mol. The molecule has 0 aromatic heterocycles. The maximum Gasteiger partial charge on any atom is 0.253 e. The molecule has 0 bridgehead atoms. The highest BCUT2D eigenvalue weighted by atomic mass is 79.9. The van der Waals surface area contributed by atoms with E-state index in [9.17, 15) is 9.59 Å². The van der Waals surface area contributed by atoms with Crippen molar-refractivity contribution < 1.29 is 9.59 Å². The Morgan fingerprint density at radius 3 is 2.07 bits per heavy atom. The molecule has 0 aliphatic heterocycles. The molecule has 5 heteroatoms. The first kappa shape index (κ1) is 11.7. The highest BCUT2D eigenvalue weighted by Gasteiger charge is 2.13. The molecule has 0 aliphatic carbocycles. The maximum atomic E-state index is 10.9. The Morgan fingerprint density at radius 2 is 1.64 bits per heavy atom. The van der Waals surface area contributed by atoms with Crippen molar-refractivity contribution in [1.29, 1.82) is 0 Å². The molecule has 74 valence electrons. The van der Waals surface area contributed by atoms with Crippen LogP contribution in [0.1, 0.15) is 26.3 Å². The highest BCUT2D eigenvalue weighted by molar-refractivity contribution is 9.10. The van der Waals surface area contributed by atoms with Crippen LogP contribution in [0.25, 0.3) is 0 Å². The first-order valence-electron chi connectivity index (χ1n) is 3.63. The maximum absolute atomic E-state index is 10.9. The minimum Gasteiger partial charge on any atom is -0.276 e. The fourth-order valence-corrected chi connectivity index (χ4v) is 2.04. The van der Waals surface area contributed by atoms with Gasteiger partial charge in [0.05, 0.1) is 0 Å². The topological polar surface area (TPSA) is 34.1 Å². The summed E-state index contributed by atoms with van der Waals surface area (Å²) in [5, 5.41) is -1.13. The lowest BCUT2D eigenvalue weighted by atomic mass is 10.1. The Morgan fingerprint density at radius 1 is 1.14 bits per heavy atom. The molecule has 1 aromatic carbocycles. The average Bonchev–Trinajstić information content (AvgIpc) is 2.07. The third-order valence-corrected chi connectivity index (χ3v) is 2.80. The van der Waals surface area contributed by atoms with Gasteiger partial charge in [0, 0.05) is 15.6 Å². The molecule has 0 aliphatic rings. The van der Waals surface area contributed by atoms with Crippen LogP contribution in [0.5, 0.6) is 0 Å². The van der Waals surface area contributed by atoms with E-state index in [0.717, 1.165) is 0 Å². The quantitative estimate of drug-likeness (QED) is 0.783. The minimum absolute atomic E-state index is 0.325. The van der Waals surface area contributed by atoms with E-state index in [1.165, 1.54) is 12.1 Å². The summed E-state index contributed by atoms with van der Waals surface area (Å²) in [7, 11) is 0. The van der Waals surface area contributed by atoms with Gasteiger partial charge in [-0.1, -0.05) is 0 Å². The first-order valence-corrected chi connectivity index (χ1v) is 5.18. The molecule has 0 unspecified atom stereocenters. The number of hydrogen-bond donors (Lipinski definition) is 0. The van der Waals surface area contributed by atoms with Crippen LogP contribution in [0.3, 0.4) is 0 Å². The van der Waals surface area contributed by atoms with Crippen LogP contribution >= 0.6 is 39.1 Å². The second-order valence-electron chi connectivity index (χ2n) is 2.69. The van der Waals surface area contributed by atoms with E-state index >= 15 is 0 Å². The summed E-state index contributed by atoms with van der Waals surface area (Å²) in [6.07, 6.45) is 0. The van der Waals surface area contributed by atoms with E-state index in [2.05, 4.69) is 15.9 Å². The van der Waals surface area contributed by atoms with Crippen molar-refractivity contribution in [2.75, 3.05) is 0 Å². The summed E-state index contributed by atoms with van der Waals surface area (Å²) in [5.41, 5.74) is 1.31. The number of hydrogen-bond acceptors (Lipinski definition) is 2. The van der Waals surface area contributed by atoms with Crippen LogP contribution in [-0.4, -0.2) is 10.5 Å². The number of carbonyl (C=O) groups is 2. The molecule has 0 amide bonds. The lowest BCUT2D eigenvalue weighted by Gasteiger charge is -2.04. The van der Waals surface area contributed by atoms with E-state index in [1.54, 1.807) is 6.92 Å². The van der Waals surface area contributed by atoms with Gasteiger partial charge in [-0.25, -0.2) is 0 Å². The second-order valence-corrected chi connectivity index (χ2v) is 4.24. The van der Waals surface area contributed by atoms with Gasteiger partial charge in [0.1, 0.15) is 0 Å². The molecule has 0 N–H and O–H groups in total. The average molecular weight is 296 g/mol. The molecule has 0 spiro atoms. The zero-order valence-corrected chi connectivity index (χ0v) is 10.2. The number of benzene rings is 1. The molecule has 0 saturated heterocycles. The Kier molecular flexibility index (Phi) is 3.70. The molecule has 2 nitrogen and oxygen atoms in total. The normalized spacial score (nSPS) is 10.0. The Labute approximate surface area is 99.3 Å². The Bertz CT molecular complexity index is 376. The summed E-state index contributed by atoms with van der Waals surface area (Å²) < 4.78 is 0.465. The fraction of sp³-hybridized carbons (Fsp3) is 0.111. The van der Waals surface area contributed by atoms with Crippen LogP contribution in [0.4, 0.5) is 0 Å². The molecule has 0 atom stereocenters. The minimum atomic E-state index is -0.575. The van der Waals surface area contributed by atoms with Crippen LogP contribution < -0.4 is 0 Å². The van der Waals surface area contributed by atoms with Crippen LogP contribution in [0.15, 0.2) is 16.6 Å². The highest BCUT2D eigenvalue weighted by Crippen LogP contribution is 2.24. The number of rotatable bonds is 2. The summed E-state index contributed by atoms with van der Waals surface area (Å²) in [6.45, 7) is 1.69. The van der Waals surface area contributed by atoms with Gasteiger partial charge in [0.15, 0.2) is 0 Å². The standard InChI is InChI=1S/C9H5BrCl2O2/c1-4-2-6(9(12)14)7(10)3-5(4)8(11)13/h2-3H,1H3. The van der Waals surface area contributed by atoms with Crippen LogP contribution in [0, 0.1) is 6.92 Å². The predicted octanol–water partition coefficient (Wildman–Crippen LogP) is 3.52. The smallest absolute Gasteiger partial charge is 0.253 e. The molecule has 1 aromatic rings. The number of carbonyl (C=O) groups excluding carboxylic acids is 2. The van der Waals surface area contributed by atoms with Crippen LogP contribution in [0.2, 0.25) is 0 Å². The van der Waals surface area contributed by atoms with Gasteiger partial charge in [-0.15, -0.1) is 0 Å². The largest absolute Gasteiger partial charge is 0.276 e. The van der Waals surface area contributed by atoms with E-state index in [4.69, 9.17) is 23.2 Å². The predicted molar refractivity (Wildman–Crippen MR) is 59.2 cm³/mol. The van der Waals surface area contributed by atoms with Crippen LogP contribution in [-0.2, 0) is 0 Å². The van der Waals surface area contributed by atoms with Gasteiger partial charge >= 0.3 is 0 Å². The van der Waals surface area contributed by atoms with Crippen molar-refractivity contribution in [2.45, 2.75) is 6.92 Å². The monoisotopic (exact) mass is 294 g/mol. The molecule has 0 heterocycles. The SMILES string of the molecule is Cc1cc(C(=O)Cl)c(Br)cc1C(=O)Cl. The molecule has 0 saturated carbocycles. The summed E-state index contributed by atoms with van der Waals surface area (Å²) >= 11 is 13.8. The fourth-order valence-electron chi connectivity index (χ4n) is 1.04.